The Bertz CT molecular complexity index is 915. The molecule has 0 saturated carbocycles. The highest BCUT2D eigenvalue weighted by molar-refractivity contribution is 7.98. The molecule has 0 aliphatic rings. The second-order valence-electron chi connectivity index (χ2n) is 5.12. The van der Waals surface area contributed by atoms with Crippen molar-refractivity contribution in [3.63, 3.8) is 0 Å². The highest BCUT2D eigenvalue weighted by atomic mass is 35.5. The van der Waals surface area contributed by atoms with Gasteiger partial charge in [0.15, 0.2) is 5.75 Å². The van der Waals surface area contributed by atoms with E-state index in [4.69, 9.17) is 21.1 Å². The van der Waals surface area contributed by atoms with Crippen molar-refractivity contribution in [2.24, 2.45) is 0 Å². The van der Waals surface area contributed by atoms with Gasteiger partial charge in [0, 0.05) is 10.4 Å². The molecule has 1 heterocycles. The maximum atomic E-state index is 12.6. The van der Waals surface area contributed by atoms with Gasteiger partial charge in [-0.2, -0.15) is 0 Å². The number of hydrogen-bond acceptors (Lipinski definition) is 5. The molecule has 0 bridgehead atoms. The number of carbonyl (C=O) groups is 1. The van der Waals surface area contributed by atoms with E-state index in [0.717, 1.165) is 0 Å². The number of pyridine rings is 1. The van der Waals surface area contributed by atoms with Crippen LogP contribution in [0.25, 0.3) is 10.9 Å². The first kappa shape index (κ1) is 17.6. The summed E-state index contributed by atoms with van der Waals surface area (Å²) < 4.78 is 11.3. The lowest BCUT2D eigenvalue weighted by Gasteiger charge is -2.16. The number of esters is 1. The largest absolute Gasteiger partial charge is 0.462 e. The van der Waals surface area contributed by atoms with Gasteiger partial charge in [-0.15, -0.1) is 11.8 Å². The van der Waals surface area contributed by atoms with Crippen LogP contribution in [0.4, 0.5) is 0 Å². The number of hydrogen-bond donors (Lipinski definition) is 0. The van der Waals surface area contributed by atoms with Gasteiger partial charge in [0.1, 0.15) is 16.3 Å². The molecular formula is C19H16ClNO3S. The molecule has 2 aromatic carbocycles. The monoisotopic (exact) mass is 373 g/mol. The predicted octanol–water partition coefficient (Wildman–Crippen LogP) is 5.58. The van der Waals surface area contributed by atoms with Crippen LogP contribution in [0.1, 0.15) is 17.3 Å². The van der Waals surface area contributed by atoms with Crippen molar-refractivity contribution in [1.29, 1.82) is 0 Å². The zero-order valence-electron chi connectivity index (χ0n) is 13.8. The number of rotatable bonds is 5. The first-order valence-corrected chi connectivity index (χ1v) is 9.31. The molecule has 25 heavy (non-hydrogen) atoms. The molecular weight excluding hydrogens is 358 g/mol. The maximum Gasteiger partial charge on any atom is 0.344 e. The van der Waals surface area contributed by atoms with E-state index in [1.54, 1.807) is 19.1 Å². The van der Waals surface area contributed by atoms with Crippen molar-refractivity contribution in [1.82, 2.24) is 4.98 Å². The first-order chi connectivity index (χ1) is 12.1. The van der Waals surface area contributed by atoms with E-state index < -0.39 is 5.97 Å². The SMILES string of the molecule is CCOC(=O)c1c(SC)nc2ccc(Cl)cc2c1Oc1ccccc1. The van der Waals surface area contributed by atoms with Crippen LogP contribution in [0.3, 0.4) is 0 Å². The van der Waals surface area contributed by atoms with E-state index in [0.29, 0.717) is 38.0 Å². The Balaban J connectivity index is 2.28. The third kappa shape index (κ3) is 3.72. The zero-order valence-corrected chi connectivity index (χ0v) is 15.4. The molecule has 0 spiro atoms. The van der Waals surface area contributed by atoms with Crippen molar-refractivity contribution in [2.75, 3.05) is 12.9 Å². The van der Waals surface area contributed by atoms with Gasteiger partial charge in [0.05, 0.1) is 12.1 Å². The summed E-state index contributed by atoms with van der Waals surface area (Å²) >= 11 is 7.52. The Morgan fingerprint density at radius 3 is 2.64 bits per heavy atom. The molecule has 0 N–H and O–H groups in total. The van der Waals surface area contributed by atoms with E-state index in [9.17, 15) is 4.79 Å². The minimum Gasteiger partial charge on any atom is -0.462 e. The van der Waals surface area contributed by atoms with Crippen LogP contribution >= 0.6 is 23.4 Å². The molecule has 0 amide bonds. The zero-order chi connectivity index (χ0) is 17.8. The van der Waals surface area contributed by atoms with Gasteiger partial charge >= 0.3 is 5.97 Å². The molecule has 6 heteroatoms. The van der Waals surface area contributed by atoms with Crippen LogP contribution in [0.2, 0.25) is 5.02 Å². The quantitative estimate of drug-likeness (QED) is 0.431. The summed E-state index contributed by atoms with van der Waals surface area (Å²) in [5, 5.41) is 1.76. The van der Waals surface area contributed by atoms with Gasteiger partial charge in [0.2, 0.25) is 0 Å². The standard InChI is InChI=1S/C19H16ClNO3S/c1-3-23-19(22)16-17(24-13-7-5-4-6-8-13)14-11-12(20)9-10-15(14)21-18(16)25-2/h4-11H,3H2,1-2H3. The third-order valence-electron chi connectivity index (χ3n) is 3.50. The topological polar surface area (TPSA) is 48.4 Å². The van der Waals surface area contributed by atoms with Crippen LogP contribution in [0, 0.1) is 0 Å². The number of para-hydroxylation sites is 1. The number of halogens is 1. The molecule has 0 saturated heterocycles. The second-order valence-corrected chi connectivity index (χ2v) is 6.35. The first-order valence-electron chi connectivity index (χ1n) is 7.71. The maximum absolute atomic E-state index is 12.6. The Morgan fingerprint density at radius 2 is 1.96 bits per heavy atom. The molecule has 3 rings (SSSR count). The number of ether oxygens (including phenoxy) is 2. The smallest absolute Gasteiger partial charge is 0.344 e. The van der Waals surface area contributed by atoms with Crippen molar-refractivity contribution < 1.29 is 14.3 Å². The number of nitrogens with zero attached hydrogens (tertiary/aromatic N) is 1. The van der Waals surface area contributed by atoms with Crippen LogP contribution in [0.5, 0.6) is 11.5 Å². The molecule has 1 aromatic heterocycles. The van der Waals surface area contributed by atoms with Gasteiger partial charge < -0.3 is 9.47 Å². The lowest BCUT2D eigenvalue weighted by atomic mass is 10.1. The predicted molar refractivity (Wildman–Crippen MR) is 101 cm³/mol. The lowest BCUT2D eigenvalue weighted by Crippen LogP contribution is -2.10. The minimum atomic E-state index is -0.466. The average Bonchev–Trinajstić information content (AvgIpc) is 2.62. The number of benzene rings is 2. The van der Waals surface area contributed by atoms with Crippen LogP contribution in [-0.2, 0) is 4.74 Å². The summed E-state index contributed by atoms with van der Waals surface area (Å²) in [5.41, 5.74) is 1.01. The summed E-state index contributed by atoms with van der Waals surface area (Å²) in [6, 6.07) is 14.6. The van der Waals surface area contributed by atoms with Crippen LogP contribution < -0.4 is 4.74 Å². The Hall–Kier alpha value is -2.24. The summed E-state index contributed by atoms with van der Waals surface area (Å²) in [5.74, 6) is 0.557. The third-order valence-corrected chi connectivity index (χ3v) is 4.42. The molecule has 0 aliphatic carbocycles. The van der Waals surface area contributed by atoms with Crippen molar-refractivity contribution >= 4 is 40.2 Å². The van der Waals surface area contributed by atoms with E-state index in [1.807, 2.05) is 42.7 Å². The van der Waals surface area contributed by atoms with Gasteiger partial charge in [0.25, 0.3) is 0 Å². The van der Waals surface area contributed by atoms with Gasteiger partial charge in [-0.3, -0.25) is 0 Å². The number of carbonyl (C=O) groups excluding carboxylic acids is 1. The summed E-state index contributed by atoms with van der Waals surface area (Å²) in [4.78, 5) is 17.1. The van der Waals surface area contributed by atoms with E-state index in [-0.39, 0.29) is 6.61 Å². The van der Waals surface area contributed by atoms with Crippen molar-refractivity contribution in [3.05, 3.63) is 59.1 Å². The number of aromatic nitrogens is 1. The Morgan fingerprint density at radius 1 is 1.20 bits per heavy atom. The molecule has 0 radical (unpaired) electrons. The summed E-state index contributed by atoms with van der Waals surface area (Å²) in [6.07, 6.45) is 1.86. The van der Waals surface area contributed by atoms with Crippen molar-refractivity contribution in [2.45, 2.75) is 11.9 Å². The lowest BCUT2D eigenvalue weighted by molar-refractivity contribution is 0.0518. The van der Waals surface area contributed by atoms with Gasteiger partial charge in [-0.05, 0) is 43.5 Å². The Kier molecular flexibility index (Phi) is 5.46. The Labute approximate surface area is 155 Å². The number of fused-ring (bicyclic) bond motifs is 1. The van der Waals surface area contributed by atoms with E-state index >= 15 is 0 Å². The molecule has 3 aromatic rings. The molecule has 0 fully saturated rings. The van der Waals surface area contributed by atoms with Gasteiger partial charge in [-0.25, -0.2) is 9.78 Å². The fraction of sp³-hybridized carbons (Fsp3) is 0.158. The molecule has 0 atom stereocenters. The molecule has 128 valence electrons. The van der Waals surface area contributed by atoms with Crippen molar-refractivity contribution in [3.8, 4) is 11.5 Å². The van der Waals surface area contributed by atoms with Crippen LogP contribution in [0.15, 0.2) is 53.6 Å². The second kappa shape index (κ2) is 7.76. The molecule has 0 aliphatic heterocycles. The highest BCUT2D eigenvalue weighted by Gasteiger charge is 2.24. The summed E-state index contributed by atoms with van der Waals surface area (Å²) in [7, 11) is 0. The van der Waals surface area contributed by atoms with Crippen LogP contribution in [-0.4, -0.2) is 23.8 Å². The molecule has 4 nitrogen and oxygen atoms in total. The normalized spacial score (nSPS) is 10.7. The molecule has 0 unspecified atom stereocenters. The van der Waals surface area contributed by atoms with Gasteiger partial charge in [-0.1, -0.05) is 29.8 Å². The fourth-order valence-electron chi connectivity index (χ4n) is 2.43. The average molecular weight is 374 g/mol. The fourth-order valence-corrected chi connectivity index (χ4v) is 3.17. The van der Waals surface area contributed by atoms with E-state index in [2.05, 4.69) is 4.98 Å². The highest BCUT2D eigenvalue weighted by Crippen LogP contribution is 2.38. The van der Waals surface area contributed by atoms with E-state index in [1.165, 1.54) is 11.8 Å². The summed E-state index contributed by atoms with van der Waals surface area (Å²) in [6.45, 7) is 2.03. The minimum absolute atomic E-state index is 0.269. The number of thioether (sulfide) groups is 1.